The van der Waals surface area contributed by atoms with E-state index < -0.39 is 6.04 Å². The Labute approximate surface area is 239 Å². The highest BCUT2D eigenvalue weighted by Gasteiger charge is 2.43. The summed E-state index contributed by atoms with van der Waals surface area (Å²) < 4.78 is 7.02. The average molecular weight is 553 g/mol. The molecule has 3 aromatic carbocycles. The first-order valence-electron chi connectivity index (χ1n) is 14.3. The second-order valence-corrected chi connectivity index (χ2v) is 11.2. The first-order chi connectivity index (χ1) is 20.0. The topological polar surface area (TPSA) is 101 Å². The summed E-state index contributed by atoms with van der Waals surface area (Å²) in [5, 5.41) is 14.8. The second-order valence-electron chi connectivity index (χ2n) is 11.2. The molecule has 2 amide bonds. The Morgan fingerprint density at radius 3 is 2.59 bits per heavy atom. The van der Waals surface area contributed by atoms with Gasteiger partial charge in [0.15, 0.2) is 0 Å². The number of likely N-dealkylation sites (tertiary alicyclic amines) is 1. The molecule has 6 rings (SSSR count). The Morgan fingerprint density at radius 1 is 1.02 bits per heavy atom. The highest BCUT2D eigenvalue weighted by atomic mass is 16.5. The lowest BCUT2D eigenvalue weighted by molar-refractivity contribution is -0.139. The van der Waals surface area contributed by atoms with Gasteiger partial charge in [-0.25, -0.2) is 4.68 Å². The molecule has 2 aliphatic rings. The van der Waals surface area contributed by atoms with Crippen molar-refractivity contribution in [2.24, 2.45) is 13.0 Å². The predicted octanol–water partition coefficient (Wildman–Crippen LogP) is 3.20. The Bertz CT molecular complexity index is 1520. The Balaban J connectivity index is 1.16. The zero-order valence-corrected chi connectivity index (χ0v) is 23.5. The fourth-order valence-corrected chi connectivity index (χ4v) is 6.26. The van der Waals surface area contributed by atoms with E-state index in [1.54, 1.807) is 11.8 Å². The average Bonchev–Trinajstić information content (AvgIpc) is 3.76. The molecule has 3 heterocycles. The van der Waals surface area contributed by atoms with Crippen LogP contribution in [0.1, 0.15) is 35.4 Å². The molecule has 2 N–H and O–H groups in total. The number of nitrogens with one attached hydrogen (secondary N) is 2. The Morgan fingerprint density at radius 2 is 1.80 bits per heavy atom. The summed E-state index contributed by atoms with van der Waals surface area (Å²) >= 11 is 0. The summed E-state index contributed by atoms with van der Waals surface area (Å²) in [4.78, 5) is 29.3. The quantitative estimate of drug-likeness (QED) is 0.348. The molecule has 0 radical (unpaired) electrons. The highest BCUT2D eigenvalue weighted by Crippen LogP contribution is 2.31. The maximum atomic E-state index is 13.9. The fraction of sp³-hybridized carbons (Fsp3) is 0.375. The zero-order chi connectivity index (χ0) is 28.3. The summed E-state index contributed by atoms with van der Waals surface area (Å²) in [5.74, 6) is 1.18. The van der Waals surface area contributed by atoms with Crippen LogP contribution < -0.4 is 15.4 Å². The van der Waals surface area contributed by atoms with E-state index in [2.05, 4.69) is 45.2 Å². The van der Waals surface area contributed by atoms with Crippen LogP contribution in [0.3, 0.4) is 0 Å². The molecule has 0 saturated carbocycles. The SMILES string of the molecule is COc1ccc(CC2CC(C(=O)NCc3ccc4c(c3)nnn4C)N(C(=O)C3CC(c4ccccc4)CN3)C2)cc1. The van der Waals surface area contributed by atoms with Crippen LogP contribution in [-0.4, -0.2) is 64.0 Å². The maximum absolute atomic E-state index is 13.9. The van der Waals surface area contributed by atoms with E-state index in [0.29, 0.717) is 19.5 Å². The van der Waals surface area contributed by atoms with Gasteiger partial charge in [0.2, 0.25) is 11.8 Å². The lowest BCUT2D eigenvalue weighted by atomic mass is 9.96. The normalized spacial score (nSPS) is 22.2. The van der Waals surface area contributed by atoms with Crippen molar-refractivity contribution >= 4 is 22.8 Å². The maximum Gasteiger partial charge on any atom is 0.243 e. The van der Waals surface area contributed by atoms with Crippen LogP contribution in [0.2, 0.25) is 0 Å². The van der Waals surface area contributed by atoms with E-state index in [0.717, 1.165) is 41.7 Å². The molecule has 0 aliphatic carbocycles. The van der Waals surface area contributed by atoms with Crippen molar-refractivity contribution in [2.45, 2.75) is 43.8 Å². The smallest absolute Gasteiger partial charge is 0.243 e. The molecule has 212 valence electrons. The third-order valence-electron chi connectivity index (χ3n) is 8.50. The number of carbonyl (C=O) groups excluding carboxylic acids is 2. The lowest BCUT2D eigenvalue weighted by Crippen LogP contribution is -2.51. The van der Waals surface area contributed by atoms with Crippen molar-refractivity contribution in [3.05, 3.63) is 89.5 Å². The number of amides is 2. The van der Waals surface area contributed by atoms with Crippen molar-refractivity contribution in [2.75, 3.05) is 20.2 Å². The van der Waals surface area contributed by atoms with Crippen LogP contribution in [0.25, 0.3) is 11.0 Å². The zero-order valence-electron chi connectivity index (χ0n) is 23.5. The molecule has 2 aliphatic heterocycles. The van der Waals surface area contributed by atoms with Gasteiger partial charge in [-0.3, -0.25) is 9.59 Å². The molecule has 2 saturated heterocycles. The summed E-state index contributed by atoms with van der Waals surface area (Å²) in [6.45, 7) is 1.68. The number of aryl methyl sites for hydroxylation is 1. The Kier molecular flexibility index (Phi) is 7.69. The number of fused-ring (bicyclic) bond motifs is 1. The number of hydrogen-bond acceptors (Lipinski definition) is 6. The van der Waals surface area contributed by atoms with Gasteiger partial charge in [-0.05, 0) is 72.1 Å². The van der Waals surface area contributed by atoms with Crippen LogP contribution in [0, 0.1) is 5.92 Å². The molecule has 4 aromatic rings. The number of hydrogen-bond donors (Lipinski definition) is 2. The fourth-order valence-electron chi connectivity index (χ4n) is 6.26. The molecule has 41 heavy (non-hydrogen) atoms. The van der Waals surface area contributed by atoms with Crippen molar-refractivity contribution in [3.8, 4) is 5.75 Å². The van der Waals surface area contributed by atoms with Gasteiger partial charge < -0.3 is 20.3 Å². The first kappa shape index (κ1) is 27.0. The summed E-state index contributed by atoms with van der Waals surface area (Å²) in [7, 11) is 3.51. The third-order valence-corrected chi connectivity index (χ3v) is 8.50. The van der Waals surface area contributed by atoms with Gasteiger partial charge in [-0.2, -0.15) is 0 Å². The first-order valence-corrected chi connectivity index (χ1v) is 14.3. The number of ether oxygens (including phenoxy) is 1. The molecule has 1 aromatic heterocycles. The van der Waals surface area contributed by atoms with Gasteiger partial charge in [-0.1, -0.05) is 53.7 Å². The van der Waals surface area contributed by atoms with E-state index >= 15 is 0 Å². The lowest BCUT2D eigenvalue weighted by Gasteiger charge is -2.27. The number of nitrogens with zero attached hydrogens (tertiary/aromatic N) is 4. The van der Waals surface area contributed by atoms with Gasteiger partial charge in [-0.15, -0.1) is 5.10 Å². The van der Waals surface area contributed by atoms with Gasteiger partial charge in [0.25, 0.3) is 0 Å². The largest absolute Gasteiger partial charge is 0.497 e. The van der Waals surface area contributed by atoms with Gasteiger partial charge in [0, 0.05) is 26.7 Å². The third kappa shape index (κ3) is 5.81. The number of aromatic nitrogens is 3. The van der Waals surface area contributed by atoms with Crippen molar-refractivity contribution in [3.63, 3.8) is 0 Å². The monoisotopic (exact) mass is 552 g/mol. The molecule has 4 unspecified atom stereocenters. The summed E-state index contributed by atoms with van der Waals surface area (Å²) in [6.07, 6.45) is 2.15. The summed E-state index contributed by atoms with van der Waals surface area (Å²) in [5.41, 5.74) is 5.08. The van der Waals surface area contributed by atoms with E-state index in [1.165, 1.54) is 11.1 Å². The van der Waals surface area contributed by atoms with Crippen LogP contribution in [0.4, 0.5) is 0 Å². The van der Waals surface area contributed by atoms with Crippen molar-refractivity contribution in [1.29, 1.82) is 0 Å². The van der Waals surface area contributed by atoms with Crippen LogP contribution in [0.5, 0.6) is 5.75 Å². The standard InChI is InChI=1S/C32H36N6O3/c1-37-29-13-10-22(15-27(29)35-36-37)18-34-31(39)30-16-23(14-21-8-11-26(41-2)12-9-21)20-38(30)32(40)28-17-25(19-33-28)24-6-4-3-5-7-24/h3-13,15,23,25,28,30,33H,14,16-20H2,1-2H3,(H,34,39). The number of methoxy groups -OCH3 is 1. The van der Waals surface area contributed by atoms with Crippen molar-refractivity contribution < 1.29 is 14.3 Å². The minimum absolute atomic E-state index is 0.0155. The minimum atomic E-state index is -0.511. The van der Waals surface area contributed by atoms with E-state index in [1.807, 2.05) is 60.5 Å². The second kappa shape index (κ2) is 11.7. The highest BCUT2D eigenvalue weighted by molar-refractivity contribution is 5.90. The molecule has 2 fully saturated rings. The minimum Gasteiger partial charge on any atom is -0.497 e. The predicted molar refractivity (Wildman–Crippen MR) is 156 cm³/mol. The van der Waals surface area contributed by atoms with Gasteiger partial charge in [0.1, 0.15) is 17.3 Å². The summed E-state index contributed by atoms with van der Waals surface area (Å²) in [6, 6.07) is 23.4. The molecule has 9 nitrogen and oxygen atoms in total. The number of rotatable bonds is 8. The number of carbonyl (C=O) groups is 2. The molecule has 4 atom stereocenters. The molecule has 0 bridgehead atoms. The van der Waals surface area contributed by atoms with Gasteiger partial charge in [0.05, 0.1) is 18.7 Å². The van der Waals surface area contributed by atoms with Crippen LogP contribution in [-0.2, 0) is 29.6 Å². The molecular formula is C32H36N6O3. The number of benzene rings is 3. The van der Waals surface area contributed by atoms with Gasteiger partial charge >= 0.3 is 0 Å². The van der Waals surface area contributed by atoms with E-state index in [4.69, 9.17) is 4.74 Å². The molecule has 0 spiro atoms. The van der Waals surface area contributed by atoms with Crippen LogP contribution >= 0.6 is 0 Å². The van der Waals surface area contributed by atoms with Crippen molar-refractivity contribution in [1.82, 2.24) is 30.5 Å². The van der Waals surface area contributed by atoms with E-state index in [-0.39, 0.29) is 29.7 Å². The Hall–Kier alpha value is -4.24. The molecular weight excluding hydrogens is 516 g/mol. The van der Waals surface area contributed by atoms with E-state index in [9.17, 15) is 9.59 Å². The molecule has 9 heteroatoms. The van der Waals surface area contributed by atoms with Crippen LogP contribution in [0.15, 0.2) is 72.8 Å².